The summed E-state index contributed by atoms with van der Waals surface area (Å²) in [4.78, 5) is 0. The van der Waals surface area contributed by atoms with Gasteiger partial charge in [-0.1, -0.05) is 38.1 Å². The minimum Gasteiger partial charge on any atom is -0.310 e. The first kappa shape index (κ1) is 14.7. The highest BCUT2D eigenvalue weighted by molar-refractivity contribution is 5.65. The zero-order valence-electron chi connectivity index (χ0n) is 12.4. The van der Waals surface area contributed by atoms with Gasteiger partial charge in [0, 0.05) is 6.04 Å². The van der Waals surface area contributed by atoms with Crippen LogP contribution in [-0.4, -0.2) is 6.54 Å². The summed E-state index contributed by atoms with van der Waals surface area (Å²) < 4.78 is 13.5. The molecule has 106 valence electrons. The zero-order chi connectivity index (χ0) is 14.5. The highest BCUT2D eigenvalue weighted by atomic mass is 19.1. The molecule has 2 heteroatoms. The van der Waals surface area contributed by atoms with Crippen molar-refractivity contribution in [1.82, 2.24) is 5.32 Å². The van der Waals surface area contributed by atoms with Gasteiger partial charge in [-0.3, -0.25) is 0 Å². The van der Waals surface area contributed by atoms with Crippen LogP contribution in [0.2, 0.25) is 0 Å². The lowest BCUT2D eigenvalue weighted by molar-refractivity contribution is 0.537. The average molecular weight is 271 g/mol. The van der Waals surface area contributed by atoms with Gasteiger partial charge in [-0.2, -0.15) is 0 Å². The Morgan fingerprint density at radius 2 is 1.85 bits per heavy atom. The van der Waals surface area contributed by atoms with Gasteiger partial charge in [0.2, 0.25) is 0 Å². The van der Waals surface area contributed by atoms with Crippen LogP contribution in [-0.2, 0) is 0 Å². The van der Waals surface area contributed by atoms with Gasteiger partial charge >= 0.3 is 0 Å². The molecule has 0 aromatic heterocycles. The van der Waals surface area contributed by atoms with E-state index in [4.69, 9.17) is 0 Å². The summed E-state index contributed by atoms with van der Waals surface area (Å²) in [6, 6.07) is 13.9. The molecular weight excluding hydrogens is 249 g/mol. The molecule has 0 bridgehead atoms. The van der Waals surface area contributed by atoms with E-state index in [9.17, 15) is 4.39 Å². The van der Waals surface area contributed by atoms with Gasteiger partial charge in [0.05, 0.1) is 0 Å². The molecule has 0 aliphatic heterocycles. The van der Waals surface area contributed by atoms with Crippen molar-refractivity contribution in [1.29, 1.82) is 0 Å². The number of aryl methyl sites for hydroxylation is 1. The third-order valence-electron chi connectivity index (χ3n) is 3.52. The van der Waals surface area contributed by atoms with E-state index in [-0.39, 0.29) is 5.82 Å². The zero-order valence-corrected chi connectivity index (χ0v) is 12.4. The third-order valence-corrected chi connectivity index (χ3v) is 3.52. The van der Waals surface area contributed by atoms with Gasteiger partial charge in [0.25, 0.3) is 0 Å². The number of nitrogens with one attached hydrogen (secondary N) is 1. The molecular formula is C18H22FN. The topological polar surface area (TPSA) is 12.0 Å². The van der Waals surface area contributed by atoms with Crippen molar-refractivity contribution in [3.63, 3.8) is 0 Å². The van der Waals surface area contributed by atoms with Gasteiger partial charge in [-0.15, -0.1) is 0 Å². The standard InChI is InChI=1S/C18H22FN/c1-4-18(20-5-2)15-8-6-7-14(11-15)16-9-13(3)10-17(19)12-16/h6-12,18,20H,4-5H2,1-3H3. The Labute approximate surface area is 120 Å². The molecule has 2 aromatic carbocycles. The second-order valence-electron chi connectivity index (χ2n) is 5.16. The maximum Gasteiger partial charge on any atom is 0.124 e. The Balaban J connectivity index is 2.38. The lowest BCUT2D eigenvalue weighted by Gasteiger charge is -2.17. The SMILES string of the molecule is CCNC(CC)c1cccc(-c2cc(C)cc(F)c2)c1. The number of rotatable bonds is 5. The molecule has 1 nitrogen and oxygen atoms in total. The highest BCUT2D eigenvalue weighted by Gasteiger charge is 2.09. The molecule has 1 atom stereocenters. The van der Waals surface area contributed by atoms with Crippen LogP contribution in [0.3, 0.4) is 0 Å². The van der Waals surface area contributed by atoms with Crippen molar-refractivity contribution < 1.29 is 4.39 Å². The summed E-state index contributed by atoms with van der Waals surface area (Å²) in [5.74, 6) is -0.177. The lowest BCUT2D eigenvalue weighted by atomic mass is 9.97. The van der Waals surface area contributed by atoms with Crippen LogP contribution in [0.1, 0.15) is 37.4 Å². The van der Waals surface area contributed by atoms with Crippen molar-refractivity contribution >= 4 is 0 Å². The van der Waals surface area contributed by atoms with Gasteiger partial charge in [-0.25, -0.2) is 4.39 Å². The summed E-state index contributed by atoms with van der Waals surface area (Å²) in [6.07, 6.45) is 1.04. The lowest BCUT2D eigenvalue weighted by Crippen LogP contribution is -2.19. The second-order valence-corrected chi connectivity index (χ2v) is 5.16. The van der Waals surface area contributed by atoms with Crippen LogP contribution in [0.5, 0.6) is 0 Å². The molecule has 2 aromatic rings. The summed E-state index contributed by atoms with van der Waals surface area (Å²) in [6.45, 7) is 7.15. The van der Waals surface area contributed by atoms with E-state index in [0.717, 1.165) is 29.7 Å². The smallest absolute Gasteiger partial charge is 0.124 e. The average Bonchev–Trinajstić information content (AvgIpc) is 2.44. The molecule has 0 fully saturated rings. The Hall–Kier alpha value is -1.67. The van der Waals surface area contributed by atoms with Crippen molar-refractivity contribution in [3.05, 3.63) is 59.4 Å². The number of hydrogen-bond acceptors (Lipinski definition) is 1. The second kappa shape index (κ2) is 6.67. The molecule has 1 N–H and O–H groups in total. The third kappa shape index (κ3) is 3.45. The predicted molar refractivity (Wildman–Crippen MR) is 83.3 cm³/mol. The van der Waals surface area contributed by atoms with E-state index in [1.54, 1.807) is 12.1 Å². The largest absolute Gasteiger partial charge is 0.310 e. The van der Waals surface area contributed by atoms with Crippen LogP contribution >= 0.6 is 0 Å². The first-order valence-corrected chi connectivity index (χ1v) is 7.25. The molecule has 0 aliphatic rings. The van der Waals surface area contributed by atoms with Crippen LogP contribution in [0, 0.1) is 12.7 Å². The van der Waals surface area contributed by atoms with E-state index < -0.39 is 0 Å². The Bertz CT molecular complexity index is 557. The summed E-state index contributed by atoms with van der Waals surface area (Å²) in [7, 11) is 0. The van der Waals surface area contributed by atoms with E-state index in [1.165, 1.54) is 5.56 Å². The molecule has 0 spiro atoms. The first-order valence-electron chi connectivity index (χ1n) is 7.25. The molecule has 1 unspecified atom stereocenters. The predicted octanol–water partition coefficient (Wildman–Crippen LogP) is 4.86. The van der Waals surface area contributed by atoms with Crippen LogP contribution in [0.15, 0.2) is 42.5 Å². The highest BCUT2D eigenvalue weighted by Crippen LogP contribution is 2.26. The Kier molecular flexibility index (Phi) is 4.91. The quantitative estimate of drug-likeness (QED) is 0.818. The molecule has 20 heavy (non-hydrogen) atoms. The molecule has 0 radical (unpaired) electrons. The monoisotopic (exact) mass is 271 g/mol. The minimum atomic E-state index is -0.177. The maximum atomic E-state index is 13.5. The van der Waals surface area contributed by atoms with Crippen molar-refractivity contribution in [3.8, 4) is 11.1 Å². The van der Waals surface area contributed by atoms with Gasteiger partial charge in [-0.05, 0) is 60.3 Å². The van der Waals surface area contributed by atoms with Gasteiger partial charge in [0.15, 0.2) is 0 Å². The first-order chi connectivity index (χ1) is 9.63. The number of benzene rings is 2. The van der Waals surface area contributed by atoms with E-state index in [1.807, 2.05) is 25.1 Å². The fraction of sp³-hybridized carbons (Fsp3) is 0.333. The minimum absolute atomic E-state index is 0.177. The Morgan fingerprint density at radius 3 is 2.50 bits per heavy atom. The van der Waals surface area contributed by atoms with Crippen LogP contribution < -0.4 is 5.32 Å². The summed E-state index contributed by atoms with van der Waals surface area (Å²) >= 11 is 0. The summed E-state index contributed by atoms with van der Waals surface area (Å²) in [5.41, 5.74) is 4.22. The van der Waals surface area contributed by atoms with Gasteiger partial charge < -0.3 is 5.32 Å². The van der Waals surface area contributed by atoms with E-state index >= 15 is 0 Å². The number of halogens is 1. The van der Waals surface area contributed by atoms with Gasteiger partial charge in [0.1, 0.15) is 5.82 Å². The fourth-order valence-corrected chi connectivity index (χ4v) is 2.58. The molecule has 0 saturated heterocycles. The molecule has 2 rings (SSSR count). The van der Waals surface area contributed by atoms with Crippen molar-refractivity contribution in [2.45, 2.75) is 33.2 Å². The molecule has 0 aliphatic carbocycles. The van der Waals surface area contributed by atoms with E-state index in [0.29, 0.717) is 6.04 Å². The van der Waals surface area contributed by atoms with E-state index in [2.05, 4.69) is 31.3 Å². The maximum absolute atomic E-state index is 13.5. The van der Waals surface area contributed by atoms with Crippen molar-refractivity contribution in [2.75, 3.05) is 6.54 Å². The van der Waals surface area contributed by atoms with Crippen molar-refractivity contribution in [2.24, 2.45) is 0 Å². The Morgan fingerprint density at radius 1 is 1.05 bits per heavy atom. The fourth-order valence-electron chi connectivity index (χ4n) is 2.58. The molecule has 0 saturated carbocycles. The molecule has 0 amide bonds. The number of hydrogen-bond donors (Lipinski definition) is 1. The van der Waals surface area contributed by atoms with Crippen LogP contribution in [0.4, 0.5) is 4.39 Å². The van der Waals surface area contributed by atoms with Crippen LogP contribution in [0.25, 0.3) is 11.1 Å². The normalized spacial score (nSPS) is 12.4. The summed E-state index contributed by atoms with van der Waals surface area (Å²) in [5, 5.41) is 3.48. The molecule has 0 heterocycles.